The lowest BCUT2D eigenvalue weighted by Gasteiger charge is -2.19. The second-order valence-corrected chi connectivity index (χ2v) is 10.7. The first-order chi connectivity index (χ1) is 12.6. The molecular formula is C19H26O6P2. The number of rotatable bonds is 9. The van der Waals surface area contributed by atoms with Crippen molar-refractivity contribution in [2.45, 2.75) is 44.4 Å². The molecule has 0 fully saturated rings. The van der Waals surface area contributed by atoms with Gasteiger partial charge in [0.1, 0.15) is 0 Å². The van der Waals surface area contributed by atoms with Crippen molar-refractivity contribution in [3.63, 3.8) is 0 Å². The Labute approximate surface area is 159 Å². The van der Waals surface area contributed by atoms with Gasteiger partial charge in [-0.3, -0.25) is 9.13 Å². The van der Waals surface area contributed by atoms with Crippen LogP contribution in [0, 0.1) is 0 Å². The highest BCUT2D eigenvalue weighted by Gasteiger charge is 2.42. The summed E-state index contributed by atoms with van der Waals surface area (Å²) in [5.41, 5.74) is 4.45. The van der Waals surface area contributed by atoms with E-state index in [1.54, 1.807) is 0 Å². The van der Waals surface area contributed by atoms with Gasteiger partial charge in [-0.05, 0) is 47.9 Å². The Balaban J connectivity index is 1.97. The zero-order valence-electron chi connectivity index (χ0n) is 15.2. The summed E-state index contributed by atoms with van der Waals surface area (Å²) in [5.74, 6) is 0. The molecule has 0 atom stereocenters. The number of aryl methyl sites for hydroxylation is 2. The molecule has 2 aromatic rings. The fourth-order valence-electron chi connectivity index (χ4n) is 3.04. The van der Waals surface area contributed by atoms with Crippen molar-refractivity contribution in [2.24, 2.45) is 0 Å². The molecule has 0 saturated heterocycles. The first-order valence-corrected chi connectivity index (χ1v) is 12.3. The van der Waals surface area contributed by atoms with Crippen molar-refractivity contribution in [1.29, 1.82) is 0 Å². The fraction of sp³-hybridized carbons (Fsp3) is 0.368. The lowest BCUT2D eigenvalue weighted by Crippen LogP contribution is -2.09. The van der Waals surface area contributed by atoms with Crippen LogP contribution in [0.4, 0.5) is 0 Å². The van der Waals surface area contributed by atoms with E-state index < -0.39 is 20.6 Å². The summed E-state index contributed by atoms with van der Waals surface area (Å²) in [5, 5.41) is -1.93. The Morgan fingerprint density at radius 1 is 0.741 bits per heavy atom. The molecule has 4 N–H and O–H groups in total. The summed E-state index contributed by atoms with van der Waals surface area (Å²) in [6.07, 6.45) is 2.72. The van der Waals surface area contributed by atoms with E-state index in [0.29, 0.717) is 6.42 Å². The Morgan fingerprint density at radius 3 is 1.52 bits per heavy atom. The van der Waals surface area contributed by atoms with Crippen molar-refractivity contribution < 1.29 is 28.7 Å². The van der Waals surface area contributed by atoms with Crippen molar-refractivity contribution in [2.75, 3.05) is 0 Å². The normalized spacial score (nSPS) is 12.5. The summed E-state index contributed by atoms with van der Waals surface area (Å²) < 4.78 is 22.6. The summed E-state index contributed by atoms with van der Waals surface area (Å²) in [4.78, 5) is 36.6. The van der Waals surface area contributed by atoms with Crippen LogP contribution in [0.3, 0.4) is 0 Å². The van der Waals surface area contributed by atoms with E-state index in [1.807, 2.05) is 24.3 Å². The van der Waals surface area contributed by atoms with Crippen molar-refractivity contribution in [1.82, 2.24) is 0 Å². The molecule has 6 nitrogen and oxygen atoms in total. The molecule has 0 aliphatic rings. The second-order valence-electron chi connectivity index (χ2n) is 6.69. The molecule has 2 rings (SSSR count). The monoisotopic (exact) mass is 412 g/mol. The lowest BCUT2D eigenvalue weighted by atomic mass is 10.00. The van der Waals surface area contributed by atoms with E-state index in [9.17, 15) is 9.13 Å². The van der Waals surface area contributed by atoms with E-state index in [2.05, 4.69) is 31.2 Å². The Bertz CT molecular complexity index is 798. The quantitative estimate of drug-likeness (QED) is 0.456. The third-order valence-electron chi connectivity index (χ3n) is 4.48. The van der Waals surface area contributed by atoms with Crippen LogP contribution in [0.1, 0.15) is 37.3 Å². The summed E-state index contributed by atoms with van der Waals surface area (Å²) in [6, 6.07) is 16.2. The van der Waals surface area contributed by atoms with E-state index in [1.165, 1.54) is 5.56 Å². The molecule has 0 radical (unpaired) electrons. The van der Waals surface area contributed by atoms with Crippen LogP contribution in [-0.4, -0.2) is 25.0 Å². The van der Waals surface area contributed by atoms with Gasteiger partial charge in [0.2, 0.25) is 0 Å². The summed E-state index contributed by atoms with van der Waals surface area (Å²) in [7, 11) is -9.68. The van der Waals surface area contributed by atoms with Gasteiger partial charge in [0, 0.05) is 0 Å². The van der Waals surface area contributed by atoms with Crippen LogP contribution in [-0.2, 0) is 22.0 Å². The van der Waals surface area contributed by atoms with Crippen molar-refractivity contribution >= 4 is 15.2 Å². The molecule has 0 heterocycles. The van der Waals surface area contributed by atoms with Crippen LogP contribution in [0.5, 0.6) is 0 Å². The van der Waals surface area contributed by atoms with E-state index in [-0.39, 0.29) is 12.8 Å². The maximum absolute atomic E-state index is 11.3. The Hall–Kier alpha value is -1.26. The van der Waals surface area contributed by atoms with Gasteiger partial charge in [-0.25, -0.2) is 0 Å². The zero-order valence-corrected chi connectivity index (χ0v) is 17.0. The standard InChI is InChI=1S/C19H26O6P2/c1-2-4-15-7-11-17(12-8-15)18-13-9-16(10-14-18)5-3-6-19(26(20,21)22)27(23,24)25/h7-14,19H,2-6H2,1H3,(H2,20,21,22)(H2,23,24,25). The average Bonchev–Trinajstić information content (AvgIpc) is 2.58. The van der Waals surface area contributed by atoms with Crippen LogP contribution >= 0.6 is 15.2 Å². The molecule has 148 valence electrons. The molecule has 0 aliphatic heterocycles. The first kappa shape index (κ1) is 22.0. The van der Waals surface area contributed by atoms with Gasteiger partial charge in [0.05, 0.1) is 0 Å². The molecule has 0 spiro atoms. The molecule has 0 saturated carbocycles. The van der Waals surface area contributed by atoms with Gasteiger partial charge in [-0.2, -0.15) is 0 Å². The molecule has 2 aromatic carbocycles. The second kappa shape index (κ2) is 9.29. The predicted octanol–water partition coefficient (Wildman–Crippen LogP) is 4.31. The largest absolute Gasteiger partial charge is 0.340 e. The number of hydrogen-bond donors (Lipinski definition) is 4. The van der Waals surface area contributed by atoms with Gasteiger partial charge in [-0.1, -0.05) is 61.9 Å². The fourth-order valence-corrected chi connectivity index (χ4v) is 5.64. The molecular weight excluding hydrogens is 386 g/mol. The van der Waals surface area contributed by atoms with Crippen molar-refractivity contribution in [3.05, 3.63) is 59.7 Å². The summed E-state index contributed by atoms with van der Waals surface area (Å²) >= 11 is 0. The maximum atomic E-state index is 11.3. The minimum absolute atomic E-state index is 0.227. The first-order valence-electron chi connectivity index (χ1n) is 8.90. The van der Waals surface area contributed by atoms with Crippen LogP contribution in [0.15, 0.2) is 48.5 Å². The van der Waals surface area contributed by atoms with E-state index >= 15 is 0 Å². The molecule has 0 aromatic heterocycles. The van der Waals surface area contributed by atoms with Gasteiger partial charge < -0.3 is 19.6 Å². The minimum atomic E-state index is -4.84. The highest BCUT2D eigenvalue weighted by Crippen LogP contribution is 2.61. The topological polar surface area (TPSA) is 115 Å². The zero-order chi connectivity index (χ0) is 20.1. The predicted molar refractivity (Wildman–Crippen MR) is 107 cm³/mol. The third kappa shape index (κ3) is 6.69. The highest BCUT2D eigenvalue weighted by atomic mass is 31.2. The van der Waals surface area contributed by atoms with E-state index in [0.717, 1.165) is 29.5 Å². The van der Waals surface area contributed by atoms with Crippen LogP contribution in [0.2, 0.25) is 0 Å². The van der Waals surface area contributed by atoms with Gasteiger partial charge in [0.25, 0.3) is 0 Å². The molecule has 27 heavy (non-hydrogen) atoms. The molecule has 0 amide bonds. The molecule has 0 unspecified atom stereocenters. The Kier molecular flexibility index (Phi) is 7.58. The SMILES string of the molecule is CCCc1ccc(-c2ccc(CCCC(P(=O)(O)O)P(=O)(O)O)cc2)cc1. The van der Waals surface area contributed by atoms with Crippen LogP contribution < -0.4 is 0 Å². The van der Waals surface area contributed by atoms with Crippen molar-refractivity contribution in [3.8, 4) is 11.1 Å². The molecule has 8 heteroatoms. The maximum Gasteiger partial charge on any atom is 0.340 e. The Morgan fingerprint density at radius 2 is 1.15 bits per heavy atom. The average molecular weight is 412 g/mol. The van der Waals surface area contributed by atoms with Gasteiger partial charge >= 0.3 is 15.2 Å². The smallest absolute Gasteiger partial charge is 0.324 e. The number of benzene rings is 2. The molecule has 0 aliphatic carbocycles. The minimum Gasteiger partial charge on any atom is -0.324 e. The van der Waals surface area contributed by atoms with E-state index in [4.69, 9.17) is 19.6 Å². The third-order valence-corrected chi connectivity index (χ3v) is 8.36. The van der Waals surface area contributed by atoms with Gasteiger partial charge in [0.15, 0.2) is 5.40 Å². The van der Waals surface area contributed by atoms with Crippen LogP contribution in [0.25, 0.3) is 11.1 Å². The highest BCUT2D eigenvalue weighted by molar-refractivity contribution is 7.70. The number of hydrogen-bond acceptors (Lipinski definition) is 2. The molecule has 0 bridgehead atoms. The van der Waals surface area contributed by atoms with Gasteiger partial charge in [-0.15, -0.1) is 0 Å². The lowest BCUT2D eigenvalue weighted by molar-refractivity contribution is 0.334. The summed E-state index contributed by atoms with van der Waals surface area (Å²) in [6.45, 7) is 2.15.